The van der Waals surface area contributed by atoms with Gasteiger partial charge >= 0.3 is 0 Å². The quantitative estimate of drug-likeness (QED) is 0.433. The van der Waals surface area contributed by atoms with Crippen LogP contribution in [0.2, 0.25) is 0 Å². The number of alkyl halides is 1. The first-order valence-electron chi connectivity index (χ1n) is 8.48. The third-order valence-corrected chi connectivity index (χ3v) is 6.33. The number of ketones is 1. The van der Waals surface area contributed by atoms with Gasteiger partial charge < -0.3 is 5.32 Å². The van der Waals surface area contributed by atoms with Crippen LogP contribution in [0.4, 0.5) is 5.69 Å². The summed E-state index contributed by atoms with van der Waals surface area (Å²) in [6.45, 7) is 3.23. The Morgan fingerprint density at radius 3 is 2.54 bits per heavy atom. The van der Waals surface area contributed by atoms with Gasteiger partial charge in [0.15, 0.2) is 5.78 Å². The Morgan fingerprint density at radius 1 is 1.25 bits per heavy atom. The molecular weight excluding hydrogens is 400 g/mol. The Labute approximate surface area is 168 Å². The maximum Gasteiger partial charge on any atom is 0.294 e. The topological polar surface area (TPSA) is 96.4 Å². The van der Waals surface area contributed by atoms with Crippen molar-refractivity contribution >= 4 is 33.2 Å². The minimum Gasteiger partial charge on any atom is -0.353 e. The van der Waals surface area contributed by atoms with Crippen molar-refractivity contribution in [2.24, 2.45) is 5.92 Å². The van der Waals surface area contributed by atoms with Crippen LogP contribution in [-0.4, -0.2) is 28.6 Å². The molecule has 2 unspecified atom stereocenters. The average Bonchev–Trinajstić information content (AvgIpc) is 2.62. The molecule has 0 bridgehead atoms. The number of aromatic nitrogens is 1. The Morgan fingerprint density at radius 2 is 1.93 bits per heavy atom. The number of anilines is 1. The van der Waals surface area contributed by atoms with Gasteiger partial charge in [-0.3, -0.25) is 14.3 Å². The maximum absolute atomic E-state index is 12.9. The highest BCUT2D eigenvalue weighted by Gasteiger charge is 2.47. The normalized spacial score (nSPS) is 22.2. The predicted octanol–water partition coefficient (Wildman–Crippen LogP) is 3.97. The molecule has 2 aromatic rings. The lowest BCUT2D eigenvalue weighted by Crippen LogP contribution is -2.41. The number of halogens is 1. The van der Waals surface area contributed by atoms with Crippen LogP contribution in [0.25, 0.3) is 0 Å². The van der Waals surface area contributed by atoms with Gasteiger partial charge in [-0.05, 0) is 31.6 Å². The molecule has 1 aromatic heterocycles. The van der Waals surface area contributed by atoms with Gasteiger partial charge in [-0.2, -0.15) is 8.42 Å². The molecule has 1 aliphatic rings. The summed E-state index contributed by atoms with van der Waals surface area (Å²) in [5, 5.41) is 2.96. The van der Waals surface area contributed by atoms with Crippen LogP contribution < -0.4 is 5.32 Å². The zero-order valence-electron chi connectivity index (χ0n) is 15.3. The van der Waals surface area contributed by atoms with Gasteiger partial charge in [0.2, 0.25) is 0 Å². The van der Waals surface area contributed by atoms with Crippen molar-refractivity contribution in [3.63, 3.8) is 0 Å². The molecular formula is C20H19ClN2O4S. The summed E-state index contributed by atoms with van der Waals surface area (Å²) in [5.41, 5.74) is 1.87. The van der Waals surface area contributed by atoms with E-state index in [1.54, 1.807) is 48.7 Å². The van der Waals surface area contributed by atoms with E-state index in [2.05, 4.69) is 10.3 Å². The molecule has 0 saturated carbocycles. The molecule has 3 rings (SSSR count). The van der Waals surface area contributed by atoms with Crippen LogP contribution in [0.1, 0.15) is 22.8 Å². The van der Waals surface area contributed by atoms with Crippen LogP contribution in [0, 0.1) is 12.8 Å². The van der Waals surface area contributed by atoms with E-state index < -0.39 is 25.8 Å². The second-order valence-electron chi connectivity index (χ2n) is 6.68. The van der Waals surface area contributed by atoms with E-state index in [0.29, 0.717) is 11.3 Å². The maximum atomic E-state index is 12.9. The number of benzene rings is 1. The number of pyridine rings is 1. The molecule has 6 nitrogen and oxygen atoms in total. The van der Waals surface area contributed by atoms with Crippen molar-refractivity contribution in [3.8, 4) is 0 Å². The lowest BCUT2D eigenvalue weighted by atomic mass is 9.82. The summed E-state index contributed by atoms with van der Waals surface area (Å²) in [6, 6.07) is 10.2. The van der Waals surface area contributed by atoms with E-state index in [1.807, 2.05) is 6.92 Å². The van der Waals surface area contributed by atoms with Gasteiger partial charge in [-0.25, -0.2) is 0 Å². The van der Waals surface area contributed by atoms with E-state index >= 15 is 0 Å². The SMILES string of the molecule is Cc1ccncc1NC1=C(S(=O)(=O)O)C(C)(Cl)C(C(=O)c2ccccc2)C=C1. The number of Topliss-reactive ketones (excluding diaryl/α,β-unsaturated/α-hetero) is 1. The lowest BCUT2D eigenvalue weighted by molar-refractivity contribution is 0.0931. The number of rotatable bonds is 5. The molecule has 2 N–H and O–H groups in total. The van der Waals surface area contributed by atoms with Crippen molar-refractivity contribution in [3.05, 3.63) is 82.7 Å². The summed E-state index contributed by atoms with van der Waals surface area (Å²) in [7, 11) is -4.70. The van der Waals surface area contributed by atoms with Crippen LogP contribution >= 0.6 is 11.6 Å². The molecule has 0 radical (unpaired) electrons. The number of hydrogen-bond donors (Lipinski definition) is 2. The van der Waals surface area contributed by atoms with Crippen LogP contribution in [0.3, 0.4) is 0 Å². The molecule has 0 fully saturated rings. The number of nitrogens with one attached hydrogen (secondary N) is 1. The molecule has 0 amide bonds. The highest BCUT2D eigenvalue weighted by molar-refractivity contribution is 7.90. The lowest BCUT2D eigenvalue weighted by Gasteiger charge is -2.34. The Balaban J connectivity index is 2.08. The largest absolute Gasteiger partial charge is 0.353 e. The van der Waals surface area contributed by atoms with Crippen LogP contribution in [0.5, 0.6) is 0 Å². The number of aryl methyl sites for hydroxylation is 1. The highest BCUT2D eigenvalue weighted by Crippen LogP contribution is 2.43. The first-order chi connectivity index (χ1) is 13.1. The van der Waals surface area contributed by atoms with E-state index in [-0.39, 0.29) is 11.5 Å². The molecule has 1 aromatic carbocycles. The van der Waals surface area contributed by atoms with Gasteiger partial charge in [0, 0.05) is 11.8 Å². The van der Waals surface area contributed by atoms with E-state index in [0.717, 1.165) is 5.56 Å². The number of carbonyl (C=O) groups is 1. The van der Waals surface area contributed by atoms with Gasteiger partial charge in [-0.1, -0.05) is 36.4 Å². The first kappa shape index (κ1) is 20.3. The summed E-state index contributed by atoms with van der Waals surface area (Å²) in [5.74, 6) is -1.32. The highest BCUT2D eigenvalue weighted by atomic mass is 35.5. The summed E-state index contributed by atoms with van der Waals surface area (Å²) >= 11 is 6.61. The number of carbonyl (C=O) groups excluding carboxylic acids is 1. The fourth-order valence-electron chi connectivity index (χ4n) is 3.20. The molecule has 1 aliphatic carbocycles. The fourth-order valence-corrected chi connectivity index (χ4v) is 4.79. The smallest absolute Gasteiger partial charge is 0.294 e. The Hall–Kier alpha value is -2.48. The molecule has 8 heteroatoms. The Bertz CT molecular complexity index is 1080. The molecule has 0 saturated heterocycles. The molecule has 0 aliphatic heterocycles. The Kier molecular flexibility index (Phi) is 5.43. The standard InChI is InChI=1S/C20H19ClN2O4S/c1-13-10-11-22-12-17(13)23-16-9-8-15(18(24)14-6-4-3-5-7-14)20(2,21)19(16)28(25,26)27/h3-12,15,23H,1-2H3,(H,25,26,27). The van der Waals surface area contributed by atoms with Crippen LogP contribution in [-0.2, 0) is 10.1 Å². The van der Waals surface area contributed by atoms with Gasteiger partial charge in [0.25, 0.3) is 10.1 Å². The number of hydrogen-bond acceptors (Lipinski definition) is 5. The average molecular weight is 419 g/mol. The second-order valence-corrected chi connectivity index (χ2v) is 8.82. The van der Waals surface area contributed by atoms with Gasteiger partial charge in [-0.15, -0.1) is 11.6 Å². The number of allylic oxidation sites excluding steroid dienone is 3. The van der Waals surface area contributed by atoms with E-state index in [4.69, 9.17) is 11.6 Å². The summed E-state index contributed by atoms with van der Waals surface area (Å²) < 4.78 is 34.3. The summed E-state index contributed by atoms with van der Waals surface area (Å²) in [6.07, 6.45) is 6.14. The molecule has 2 atom stereocenters. The van der Waals surface area contributed by atoms with E-state index in [1.165, 1.54) is 19.2 Å². The first-order valence-corrected chi connectivity index (χ1v) is 10.3. The van der Waals surface area contributed by atoms with Gasteiger partial charge in [0.05, 0.1) is 28.4 Å². The zero-order chi connectivity index (χ0) is 20.5. The predicted molar refractivity (Wildman–Crippen MR) is 109 cm³/mol. The summed E-state index contributed by atoms with van der Waals surface area (Å²) in [4.78, 5) is 14.8. The minimum atomic E-state index is -4.70. The fraction of sp³-hybridized carbons (Fsp3) is 0.200. The van der Waals surface area contributed by atoms with Crippen molar-refractivity contribution in [2.45, 2.75) is 18.7 Å². The van der Waals surface area contributed by atoms with Crippen molar-refractivity contribution in [1.29, 1.82) is 0 Å². The van der Waals surface area contributed by atoms with Gasteiger partial charge in [0.1, 0.15) is 4.91 Å². The molecule has 28 heavy (non-hydrogen) atoms. The van der Waals surface area contributed by atoms with Crippen molar-refractivity contribution in [1.82, 2.24) is 4.98 Å². The van der Waals surface area contributed by atoms with Crippen molar-refractivity contribution < 1.29 is 17.8 Å². The molecule has 0 spiro atoms. The second kappa shape index (κ2) is 7.50. The third-order valence-electron chi connectivity index (χ3n) is 4.64. The number of nitrogens with zero attached hydrogens (tertiary/aromatic N) is 1. The zero-order valence-corrected chi connectivity index (χ0v) is 16.8. The molecule has 1 heterocycles. The van der Waals surface area contributed by atoms with Crippen molar-refractivity contribution in [2.75, 3.05) is 5.32 Å². The molecule has 146 valence electrons. The monoisotopic (exact) mass is 418 g/mol. The minimum absolute atomic E-state index is 0.0909. The van der Waals surface area contributed by atoms with E-state index in [9.17, 15) is 17.8 Å². The van der Waals surface area contributed by atoms with Crippen LogP contribution in [0.15, 0.2) is 71.5 Å². The third kappa shape index (κ3) is 3.87.